The second kappa shape index (κ2) is 6.74. The minimum atomic E-state index is -0.644. The Kier molecular flexibility index (Phi) is 4.50. The van der Waals surface area contributed by atoms with Crippen molar-refractivity contribution in [2.75, 3.05) is 12.4 Å². The lowest BCUT2D eigenvalue weighted by Gasteiger charge is -2.07. The van der Waals surface area contributed by atoms with Crippen LogP contribution in [0.3, 0.4) is 0 Å². The first-order valence-corrected chi connectivity index (χ1v) is 7.83. The van der Waals surface area contributed by atoms with Gasteiger partial charge in [0.2, 0.25) is 6.10 Å². The zero-order valence-corrected chi connectivity index (χ0v) is 13.9. The largest absolute Gasteiger partial charge is 0.497 e. The monoisotopic (exact) mass is 328 g/mol. The Bertz CT molecular complexity index is 765. The molecule has 1 aliphatic heterocycles. The summed E-state index contributed by atoms with van der Waals surface area (Å²) in [7, 11) is 1.62. The molecular weight excluding hydrogens is 308 g/mol. The van der Waals surface area contributed by atoms with E-state index in [2.05, 4.69) is 15.6 Å². The van der Waals surface area contributed by atoms with Crippen LogP contribution in [0.1, 0.15) is 24.6 Å². The highest BCUT2D eigenvalue weighted by Crippen LogP contribution is 2.20. The van der Waals surface area contributed by atoms with Crippen LogP contribution >= 0.6 is 0 Å². The van der Waals surface area contributed by atoms with E-state index < -0.39 is 6.10 Å². The van der Waals surface area contributed by atoms with Gasteiger partial charge in [-0.25, -0.2) is 0 Å². The number of anilines is 1. The SMILES string of the molecule is CCn1nc(NC(=O)C2CC(c3ccc(OC)cc3)=NO2)cc1C. The van der Waals surface area contributed by atoms with Crippen molar-refractivity contribution < 1.29 is 14.4 Å². The van der Waals surface area contributed by atoms with E-state index in [0.29, 0.717) is 12.2 Å². The summed E-state index contributed by atoms with van der Waals surface area (Å²) in [6.07, 6.45) is -0.222. The van der Waals surface area contributed by atoms with Gasteiger partial charge in [-0.05, 0) is 43.7 Å². The molecule has 0 spiro atoms. The molecule has 1 atom stereocenters. The fourth-order valence-electron chi connectivity index (χ4n) is 2.57. The molecule has 1 N–H and O–H groups in total. The molecule has 1 aromatic heterocycles. The maximum absolute atomic E-state index is 12.3. The molecule has 1 aliphatic rings. The summed E-state index contributed by atoms with van der Waals surface area (Å²) >= 11 is 0. The van der Waals surface area contributed by atoms with Crippen molar-refractivity contribution in [3.63, 3.8) is 0 Å². The number of rotatable bonds is 5. The number of methoxy groups -OCH3 is 1. The number of nitrogens with zero attached hydrogens (tertiary/aromatic N) is 3. The molecule has 1 unspecified atom stereocenters. The van der Waals surface area contributed by atoms with Gasteiger partial charge in [-0.3, -0.25) is 9.48 Å². The number of hydrogen-bond acceptors (Lipinski definition) is 5. The lowest BCUT2D eigenvalue weighted by Crippen LogP contribution is -2.28. The molecule has 1 aromatic carbocycles. The zero-order valence-electron chi connectivity index (χ0n) is 13.9. The number of benzene rings is 1. The Labute approximate surface area is 140 Å². The molecule has 2 heterocycles. The number of oxime groups is 1. The quantitative estimate of drug-likeness (QED) is 0.914. The molecule has 0 aliphatic carbocycles. The fraction of sp³-hybridized carbons (Fsp3) is 0.353. The molecule has 0 bridgehead atoms. The first kappa shape index (κ1) is 16.0. The Morgan fingerprint density at radius 2 is 2.17 bits per heavy atom. The van der Waals surface area contributed by atoms with E-state index in [0.717, 1.165) is 29.3 Å². The third-order valence-electron chi connectivity index (χ3n) is 3.92. The summed E-state index contributed by atoms with van der Waals surface area (Å²) in [5.74, 6) is 1.05. The Morgan fingerprint density at radius 1 is 1.42 bits per heavy atom. The van der Waals surface area contributed by atoms with E-state index in [1.165, 1.54) is 0 Å². The first-order chi connectivity index (χ1) is 11.6. The Balaban J connectivity index is 1.62. The average Bonchev–Trinajstić information content (AvgIpc) is 3.21. The number of aryl methyl sites for hydroxylation is 2. The van der Waals surface area contributed by atoms with Crippen LogP contribution in [0, 0.1) is 6.92 Å². The van der Waals surface area contributed by atoms with Crippen molar-refractivity contribution in [3.8, 4) is 5.75 Å². The molecule has 3 rings (SSSR count). The van der Waals surface area contributed by atoms with E-state index in [1.807, 2.05) is 48.9 Å². The first-order valence-electron chi connectivity index (χ1n) is 7.83. The van der Waals surface area contributed by atoms with Gasteiger partial charge < -0.3 is 14.9 Å². The number of nitrogens with one attached hydrogen (secondary N) is 1. The van der Waals surface area contributed by atoms with Gasteiger partial charge in [0.1, 0.15) is 5.75 Å². The van der Waals surface area contributed by atoms with E-state index in [-0.39, 0.29) is 5.91 Å². The molecule has 7 heteroatoms. The Hall–Kier alpha value is -2.83. The summed E-state index contributed by atoms with van der Waals surface area (Å²) < 4.78 is 6.96. The van der Waals surface area contributed by atoms with Crippen molar-refractivity contribution in [3.05, 3.63) is 41.6 Å². The van der Waals surface area contributed by atoms with Gasteiger partial charge >= 0.3 is 0 Å². The minimum absolute atomic E-state index is 0.247. The second-order valence-corrected chi connectivity index (χ2v) is 5.54. The molecule has 1 amide bonds. The highest BCUT2D eigenvalue weighted by Gasteiger charge is 2.29. The van der Waals surface area contributed by atoms with Crippen LogP contribution in [0.15, 0.2) is 35.5 Å². The van der Waals surface area contributed by atoms with E-state index in [9.17, 15) is 4.79 Å². The van der Waals surface area contributed by atoms with Gasteiger partial charge in [0.25, 0.3) is 5.91 Å². The smallest absolute Gasteiger partial charge is 0.269 e. The molecule has 2 aromatic rings. The van der Waals surface area contributed by atoms with Crippen molar-refractivity contribution in [2.45, 2.75) is 32.9 Å². The average molecular weight is 328 g/mol. The number of aromatic nitrogens is 2. The van der Waals surface area contributed by atoms with Gasteiger partial charge in [-0.15, -0.1) is 0 Å². The van der Waals surface area contributed by atoms with Crippen LogP contribution in [0.4, 0.5) is 5.82 Å². The summed E-state index contributed by atoms with van der Waals surface area (Å²) in [5.41, 5.74) is 2.65. The maximum atomic E-state index is 12.3. The lowest BCUT2D eigenvalue weighted by molar-refractivity contribution is -0.125. The van der Waals surface area contributed by atoms with Crippen LogP contribution in [0.25, 0.3) is 0 Å². The minimum Gasteiger partial charge on any atom is -0.497 e. The third-order valence-corrected chi connectivity index (χ3v) is 3.92. The van der Waals surface area contributed by atoms with Crippen LogP contribution in [-0.4, -0.2) is 34.6 Å². The van der Waals surface area contributed by atoms with Crippen molar-refractivity contribution in [2.24, 2.45) is 5.16 Å². The van der Waals surface area contributed by atoms with Gasteiger partial charge in [0.15, 0.2) is 5.82 Å². The Morgan fingerprint density at radius 3 is 2.79 bits per heavy atom. The molecule has 24 heavy (non-hydrogen) atoms. The van der Waals surface area contributed by atoms with E-state index in [1.54, 1.807) is 7.11 Å². The third kappa shape index (κ3) is 3.24. The van der Waals surface area contributed by atoms with Crippen LogP contribution in [0.5, 0.6) is 5.75 Å². The van der Waals surface area contributed by atoms with Crippen molar-refractivity contribution in [1.82, 2.24) is 9.78 Å². The summed E-state index contributed by atoms with van der Waals surface area (Å²) in [6.45, 7) is 4.70. The molecular formula is C17H20N4O3. The number of ether oxygens (including phenoxy) is 1. The van der Waals surface area contributed by atoms with Gasteiger partial charge in [0.05, 0.1) is 12.8 Å². The molecule has 0 radical (unpaired) electrons. The molecule has 0 saturated heterocycles. The standard InChI is InChI=1S/C17H20N4O3/c1-4-21-11(2)9-16(19-21)18-17(22)15-10-14(20-24-15)12-5-7-13(23-3)8-6-12/h5-9,15H,4,10H2,1-3H3,(H,18,19,22). The van der Waals surface area contributed by atoms with E-state index in [4.69, 9.17) is 9.57 Å². The maximum Gasteiger partial charge on any atom is 0.269 e. The number of amides is 1. The predicted octanol–water partition coefficient (Wildman–Crippen LogP) is 2.35. The van der Waals surface area contributed by atoms with Crippen LogP contribution in [0.2, 0.25) is 0 Å². The van der Waals surface area contributed by atoms with E-state index >= 15 is 0 Å². The van der Waals surface area contributed by atoms with Gasteiger partial charge in [-0.2, -0.15) is 5.10 Å². The zero-order chi connectivity index (χ0) is 17.1. The highest BCUT2D eigenvalue weighted by atomic mass is 16.6. The molecule has 126 valence electrons. The number of carbonyl (C=O) groups is 1. The number of carbonyl (C=O) groups excluding carboxylic acids is 1. The lowest BCUT2D eigenvalue weighted by atomic mass is 10.0. The summed E-state index contributed by atoms with van der Waals surface area (Å²) in [6, 6.07) is 9.33. The summed E-state index contributed by atoms with van der Waals surface area (Å²) in [5, 5.41) is 11.1. The fourth-order valence-corrected chi connectivity index (χ4v) is 2.57. The number of hydrogen-bond donors (Lipinski definition) is 1. The molecule has 7 nitrogen and oxygen atoms in total. The highest BCUT2D eigenvalue weighted by molar-refractivity contribution is 6.06. The predicted molar refractivity (Wildman–Crippen MR) is 90.3 cm³/mol. The topological polar surface area (TPSA) is 77.7 Å². The molecule has 0 saturated carbocycles. The molecule has 0 fully saturated rings. The van der Waals surface area contributed by atoms with Crippen molar-refractivity contribution in [1.29, 1.82) is 0 Å². The van der Waals surface area contributed by atoms with Crippen LogP contribution < -0.4 is 10.1 Å². The van der Waals surface area contributed by atoms with Gasteiger partial charge in [0, 0.05) is 24.7 Å². The normalized spacial score (nSPS) is 16.5. The van der Waals surface area contributed by atoms with Crippen molar-refractivity contribution >= 4 is 17.4 Å². The summed E-state index contributed by atoms with van der Waals surface area (Å²) in [4.78, 5) is 17.6. The van der Waals surface area contributed by atoms with Crippen LogP contribution in [-0.2, 0) is 16.2 Å². The van der Waals surface area contributed by atoms with Gasteiger partial charge in [-0.1, -0.05) is 5.16 Å². The second-order valence-electron chi connectivity index (χ2n) is 5.54.